The number of hydrogen-bond donors (Lipinski definition) is 0. The summed E-state index contributed by atoms with van der Waals surface area (Å²) in [5.41, 5.74) is 4.72. The SMILES string of the molecule is C#C[C@H](C)c1cc(OC)cc(-c2ccccc2C)c1. The van der Waals surface area contributed by atoms with E-state index in [0.717, 1.165) is 16.9 Å². The Morgan fingerprint density at radius 1 is 1.16 bits per heavy atom. The van der Waals surface area contributed by atoms with Gasteiger partial charge in [0.1, 0.15) is 5.75 Å². The number of hydrogen-bond acceptors (Lipinski definition) is 1. The van der Waals surface area contributed by atoms with Gasteiger partial charge in [-0.25, -0.2) is 0 Å². The molecule has 1 atom stereocenters. The molecule has 0 N–H and O–H groups in total. The Hall–Kier alpha value is -2.20. The Kier molecular flexibility index (Phi) is 3.92. The molecule has 0 aliphatic carbocycles. The van der Waals surface area contributed by atoms with Crippen molar-refractivity contribution in [2.24, 2.45) is 0 Å². The molecule has 0 aromatic heterocycles. The summed E-state index contributed by atoms with van der Waals surface area (Å²) in [6.07, 6.45) is 5.52. The second-order valence-electron chi connectivity index (χ2n) is 4.70. The van der Waals surface area contributed by atoms with Crippen molar-refractivity contribution < 1.29 is 4.74 Å². The number of rotatable bonds is 3. The molecule has 1 heteroatoms. The molecular formula is C18H18O. The Labute approximate surface area is 115 Å². The van der Waals surface area contributed by atoms with Gasteiger partial charge in [-0.15, -0.1) is 6.42 Å². The van der Waals surface area contributed by atoms with E-state index in [9.17, 15) is 0 Å². The molecule has 0 saturated carbocycles. The maximum atomic E-state index is 5.52. The highest BCUT2D eigenvalue weighted by Crippen LogP contribution is 2.30. The minimum Gasteiger partial charge on any atom is -0.497 e. The first kappa shape index (κ1) is 13.2. The molecule has 0 spiro atoms. The van der Waals surface area contributed by atoms with Crippen LogP contribution < -0.4 is 4.74 Å². The number of methoxy groups -OCH3 is 1. The number of terminal acetylenes is 1. The molecule has 0 bridgehead atoms. The van der Waals surface area contributed by atoms with Crippen molar-refractivity contribution in [1.29, 1.82) is 0 Å². The van der Waals surface area contributed by atoms with Crippen molar-refractivity contribution >= 4 is 0 Å². The third-order valence-corrected chi connectivity index (χ3v) is 3.37. The van der Waals surface area contributed by atoms with Crippen molar-refractivity contribution in [3.8, 4) is 29.2 Å². The monoisotopic (exact) mass is 250 g/mol. The summed E-state index contributed by atoms with van der Waals surface area (Å²) < 4.78 is 5.38. The fraction of sp³-hybridized carbons (Fsp3) is 0.222. The average Bonchev–Trinajstić information content (AvgIpc) is 2.46. The lowest BCUT2D eigenvalue weighted by atomic mass is 9.94. The summed E-state index contributed by atoms with van der Waals surface area (Å²) in [6.45, 7) is 4.13. The first-order valence-electron chi connectivity index (χ1n) is 6.37. The molecule has 0 aliphatic rings. The van der Waals surface area contributed by atoms with Crippen LogP contribution in [0.25, 0.3) is 11.1 Å². The zero-order chi connectivity index (χ0) is 13.8. The molecule has 2 aromatic rings. The van der Waals surface area contributed by atoms with Crippen molar-refractivity contribution in [1.82, 2.24) is 0 Å². The van der Waals surface area contributed by atoms with E-state index in [2.05, 4.69) is 37.1 Å². The van der Waals surface area contributed by atoms with Crippen LogP contribution in [-0.2, 0) is 0 Å². The van der Waals surface area contributed by atoms with E-state index in [0.29, 0.717) is 0 Å². The normalized spacial score (nSPS) is 11.7. The van der Waals surface area contributed by atoms with E-state index in [4.69, 9.17) is 11.2 Å². The van der Waals surface area contributed by atoms with E-state index in [1.807, 2.05) is 25.1 Å². The number of benzene rings is 2. The minimum absolute atomic E-state index is 0.0814. The van der Waals surface area contributed by atoms with Crippen molar-refractivity contribution in [2.45, 2.75) is 19.8 Å². The predicted molar refractivity (Wildman–Crippen MR) is 80.4 cm³/mol. The molecule has 0 radical (unpaired) electrons. The van der Waals surface area contributed by atoms with Gasteiger partial charge in [0.2, 0.25) is 0 Å². The molecule has 0 heterocycles. The molecule has 2 rings (SSSR count). The molecular weight excluding hydrogens is 232 g/mol. The van der Waals surface area contributed by atoms with Gasteiger partial charge in [-0.1, -0.05) is 30.2 Å². The summed E-state index contributed by atoms with van der Waals surface area (Å²) >= 11 is 0. The lowest BCUT2D eigenvalue weighted by Crippen LogP contribution is -1.94. The first-order valence-corrected chi connectivity index (χ1v) is 6.37. The van der Waals surface area contributed by atoms with E-state index in [1.165, 1.54) is 11.1 Å². The van der Waals surface area contributed by atoms with E-state index in [1.54, 1.807) is 7.11 Å². The molecule has 1 nitrogen and oxygen atoms in total. The molecule has 0 unspecified atom stereocenters. The van der Waals surface area contributed by atoms with Crippen molar-refractivity contribution in [2.75, 3.05) is 7.11 Å². The fourth-order valence-corrected chi connectivity index (χ4v) is 2.14. The molecule has 0 amide bonds. The minimum atomic E-state index is 0.0814. The van der Waals surface area contributed by atoms with Crippen molar-refractivity contribution in [3.63, 3.8) is 0 Å². The van der Waals surface area contributed by atoms with Gasteiger partial charge in [-0.3, -0.25) is 0 Å². The van der Waals surface area contributed by atoms with Gasteiger partial charge in [0.15, 0.2) is 0 Å². The third kappa shape index (κ3) is 2.80. The number of ether oxygens (including phenoxy) is 1. The summed E-state index contributed by atoms with van der Waals surface area (Å²) in [6, 6.07) is 14.5. The second-order valence-corrected chi connectivity index (χ2v) is 4.70. The van der Waals surface area contributed by atoms with E-state index < -0.39 is 0 Å². The van der Waals surface area contributed by atoms with Gasteiger partial charge in [-0.2, -0.15) is 0 Å². The molecule has 0 saturated heterocycles. The van der Waals surface area contributed by atoms with E-state index >= 15 is 0 Å². The first-order chi connectivity index (χ1) is 9.15. The van der Waals surface area contributed by atoms with Crippen LogP contribution >= 0.6 is 0 Å². The van der Waals surface area contributed by atoms with Crippen LogP contribution in [0.4, 0.5) is 0 Å². The fourth-order valence-electron chi connectivity index (χ4n) is 2.14. The molecule has 0 fully saturated rings. The van der Waals surface area contributed by atoms with Crippen LogP contribution in [-0.4, -0.2) is 7.11 Å². The van der Waals surface area contributed by atoms with Crippen LogP contribution in [0.1, 0.15) is 24.0 Å². The van der Waals surface area contributed by atoms with Gasteiger partial charge in [0, 0.05) is 5.92 Å². The van der Waals surface area contributed by atoms with Gasteiger partial charge in [-0.05, 0) is 54.3 Å². The predicted octanol–water partition coefficient (Wildman–Crippen LogP) is 4.41. The molecule has 96 valence electrons. The van der Waals surface area contributed by atoms with Crippen LogP contribution in [0.3, 0.4) is 0 Å². The van der Waals surface area contributed by atoms with Crippen molar-refractivity contribution in [3.05, 3.63) is 53.6 Å². The highest BCUT2D eigenvalue weighted by molar-refractivity contribution is 5.69. The van der Waals surface area contributed by atoms with Crippen LogP contribution in [0.5, 0.6) is 5.75 Å². The van der Waals surface area contributed by atoms with Gasteiger partial charge in [0.05, 0.1) is 7.11 Å². The highest BCUT2D eigenvalue weighted by Gasteiger charge is 2.09. The largest absolute Gasteiger partial charge is 0.497 e. The van der Waals surface area contributed by atoms with E-state index in [-0.39, 0.29) is 5.92 Å². The quantitative estimate of drug-likeness (QED) is 0.733. The summed E-state index contributed by atoms with van der Waals surface area (Å²) in [4.78, 5) is 0. The summed E-state index contributed by atoms with van der Waals surface area (Å²) in [5, 5.41) is 0. The highest BCUT2D eigenvalue weighted by atomic mass is 16.5. The van der Waals surface area contributed by atoms with Gasteiger partial charge >= 0.3 is 0 Å². The van der Waals surface area contributed by atoms with Crippen LogP contribution in [0.15, 0.2) is 42.5 Å². The zero-order valence-electron chi connectivity index (χ0n) is 11.6. The Morgan fingerprint density at radius 3 is 2.53 bits per heavy atom. The Bertz CT molecular complexity index is 620. The smallest absolute Gasteiger partial charge is 0.119 e. The Morgan fingerprint density at radius 2 is 1.89 bits per heavy atom. The summed E-state index contributed by atoms with van der Waals surface area (Å²) in [5.74, 6) is 3.70. The molecule has 19 heavy (non-hydrogen) atoms. The standard InChI is InChI=1S/C18H18O/c1-5-13(2)15-10-16(12-17(11-15)19-4)18-9-7-6-8-14(18)3/h1,6-13H,2-4H3/t13-/m0/s1. The summed E-state index contributed by atoms with van der Waals surface area (Å²) in [7, 11) is 1.68. The van der Waals surface area contributed by atoms with Crippen LogP contribution in [0.2, 0.25) is 0 Å². The third-order valence-electron chi connectivity index (χ3n) is 3.37. The van der Waals surface area contributed by atoms with Gasteiger partial charge < -0.3 is 4.74 Å². The topological polar surface area (TPSA) is 9.23 Å². The maximum Gasteiger partial charge on any atom is 0.119 e. The van der Waals surface area contributed by atoms with Gasteiger partial charge in [0.25, 0.3) is 0 Å². The zero-order valence-corrected chi connectivity index (χ0v) is 11.6. The molecule has 0 aliphatic heterocycles. The maximum absolute atomic E-state index is 5.52. The number of aryl methyl sites for hydroxylation is 1. The Balaban J connectivity index is 2.58. The lowest BCUT2D eigenvalue weighted by molar-refractivity contribution is 0.414. The average molecular weight is 250 g/mol. The van der Waals surface area contributed by atoms with Crippen LogP contribution in [0, 0.1) is 19.3 Å². The molecule has 2 aromatic carbocycles. The second kappa shape index (κ2) is 5.63. The lowest BCUT2D eigenvalue weighted by Gasteiger charge is -2.12.